The highest BCUT2D eigenvalue weighted by Gasteiger charge is 2.30. The first-order chi connectivity index (χ1) is 10.4. The number of aromatic nitrogens is 2. The zero-order chi connectivity index (χ0) is 16.3. The lowest BCUT2D eigenvalue weighted by Gasteiger charge is -2.21. The molecule has 0 bridgehead atoms. The SMILES string of the molecule is CCCn1cc(Cl)c(C(=O)N2CCN(C)CC(C(N)=O)C2)n1. The number of aryl methyl sites for hydroxylation is 1. The van der Waals surface area contributed by atoms with Gasteiger partial charge in [0, 0.05) is 38.9 Å². The van der Waals surface area contributed by atoms with Crippen LogP contribution in [-0.2, 0) is 11.3 Å². The minimum absolute atomic E-state index is 0.239. The number of carbonyl (C=O) groups is 2. The Morgan fingerprint density at radius 1 is 1.41 bits per heavy atom. The Bertz CT molecular complexity index is 559. The highest BCUT2D eigenvalue weighted by atomic mass is 35.5. The highest BCUT2D eigenvalue weighted by Crippen LogP contribution is 2.18. The predicted octanol–water partition coefficient (Wildman–Crippen LogP) is 0.436. The number of carbonyl (C=O) groups excluding carboxylic acids is 2. The van der Waals surface area contributed by atoms with Gasteiger partial charge < -0.3 is 15.5 Å². The molecule has 8 heteroatoms. The molecule has 2 rings (SSSR count). The summed E-state index contributed by atoms with van der Waals surface area (Å²) in [6, 6.07) is 0. The second-order valence-electron chi connectivity index (χ2n) is 5.70. The average molecular weight is 328 g/mol. The Labute approximate surface area is 135 Å². The third kappa shape index (κ3) is 3.78. The predicted molar refractivity (Wildman–Crippen MR) is 83.6 cm³/mol. The van der Waals surface area contributed by atoms with Crippen molar-refractivity contribution in [3.05, 3.63) is 16.9 Å². The standard InChI is InChI=1S/C14H22ClN5O2/c1-3-4-20-9-11(15)12(17-20)14(22)19-6-5-18(2)7-10(8-19)13(16)21/h9-10H,3-8H2,1-2H3,(H2,16,21). The Kier molecular flexibility index (Phi) is 5.42. The molecule has 1 saturated heterocycles. The zero-order valence-corrected chi connectivity index (χ0v) is 13.7. The van der Waals surface area contributed by atoms with Crippen molar-refractivity contribution in [3.8, 4) is 0 Å². The Balaban J connectivity index is 2.18. The topological polar surface area (TPSA) is 84.5 Å². The van der Waals surface area contributed by atoms with Gasteiger partial charge in [0.25, 0.3) is 5.91 Å². The van der Waals surface area contributed by atoms with Crippen molar-refractivity contribution in [2.24, 2.45) is 11.7 Å². The normalized spacial score (nSPS) is 20.0. The molecule has 0 aromatic carbocycles. The minimum atomic E-state index is -0.394. The first-order valence-corrected chi connectivity index (χ1v) is 7.80. The van der Waals surface area contributed by atoms with Gasteiger partial charge >= 0.3 is 0 Å². The van der Waals surface area contributed by atoms with Gasteiger partial charge in [-0.2, -0.15) is 5.10 Å². The van der Waals surface area contributed by atoms with Crippen LogP contribution in [-0.4, -0.2) is 64.6 Å². The highest BCUT2D eigenvalue weighted by molar-refractivity contribution is 6.33. The lowest BCUT2D eigenvalue weighted by molar-refractivity contribution is -0.122. The van der Waals surface area contributed by atoms with Gasteiger partial charge in [0.2, 0.25) is 5.91 Å². The molecule has 22 heavy (non-hydrogen) atoms. The number of nitrogens with two attached hydrogens (primary N) is 1. The van der Waals surface area contributed by atoms with E-state index in [1.54, 1.807) is 15.8 Å². The van der Waals surface area contributed by atoms with Crippen LogP contribution in [0.25, 0.3) is 0 Å². The molecule has 1 aromatic rings. The van der Waals surface area contributed by atoms with E-state index in [9.17, 15) is 9.59 Å². The van der Waals surface area contributed by atoms with Gasteiger partial charge in [-0.1, -0.05) is 18.5 Å². The molecule has 0 saturated carbocycles. The van der Waals surface area contributed by atoms with Crippen molar-refractivity contribution in [1.82, 2.24) is 19.6 Å². The van der Waals surface area contributed by atoms with Crippen LogP contribution in [0.5, 0.6) is 0 Å². The number of hydrogen-bond donors (Lipinski definition) is 1. The van der Waals surface area contributed by atoms with Crippen LogP contribution >= 0.6 is 11.6 Å². The first-order valence-electron chi connectivity index (χ1n) is 7.42. The van der Waals surface area contributed by atoms with Crippen LogP contribution < -0.4 is 5.73 Å². The molecule has 1 unspecified atom stereocenters. The van der Waals surface area contributed by atoms with Gasteiger partial charge in [0.1, 0.15) is 0 Å². The summed E-state index contributed by atoms with van der Waals surface area (Å²) in [7, 11) is 1.91. The van der Waals surface area contributed by atoms with Crippen molar-refractivity contribution >= 4 is 23.4 Å². The second-order valence-corrected chi connectivity index (χ2v) is 6.11. The molecule has 7 nitrogen and oxygen atoms in total. The Morgan fingerprint density at radius 2 is 2.14 bits per heavy atom. The molecular formula is C14H22ClN5O2. The molecule has 0 aliphatic carbocycles. The summed E-state index contributed by atoms with van der Waals surface area (Å²) in [5.74, 6) is -1.02. The Morgan fingerprint density at radius 3 is 2.77 bits per heavy atom. The van der Waals surface area contributed by atoms with Crippen LogP contribution in [0, 0.1) is 5.92 Å². The molecule has 1 aliphatic heterocycles. The molecule has 1 aliphatic rings. The van der Waals surface area contributed by atoms with E-state index < -0.39 is 5.91 Å². The minimum Gasteiger partial charge on any atom is -0.369 e. The number of halogens is 1. The maximum atomic E-state index is 12.7. The summed E-state index contributed by atoms with van der Waals surface area (Å²) < 4.78 is 1.67. The van der Waals surface area contributed by atoms with Gasteiger partial charge in [0.05, 0.1) is 10.9 Å². The van der Waals surface area contributed by atoms with Crippen molar-refractivity contribution in [2.75, 3.05) is 33.2 Å². The van der Waals surface area contributed by atoms with E-state index in [1.807, 2.05) is 18.9 Å². The van der Waals surface area contributed by atoms with Crippen LogP contribution in [0.15, 0.2) is 6.20 Å². The van der Waals surface area contributed by atoms with Crippen molar-refractivity contribution < 1.29 is 9.59 Å². The van der Waals surface area contributed by atoms with Gasteiger partial charge in [-0.05, 0) is 13.5 Å². The number of primary amides is 1. The smallest absolute Gasteiger partial charge is 0.275 e. The van der Waals surface area contributed by atoms with Crippen LogP contribution in [0.3, 0.4) is 0 Å². The summed E-state index contributed by atoms with van der Waals surface area (Å²) >= 11 is 6.13. The average Bonchev–Trinajstić information content (AvgIpc) is 2.69. The van der Waals surface area contributed by atoms with Crippen molar-refractivity contribution in [3.63, 3.8) is 0 Å². The van der Waals surface area contributed by atoms with Crippen molar-refractivity contribution in [1.29, 1.82) is 0 Å². The summed E-state index contributed by atoms with van der Waals surface area (Å²) in [4.78, 5) is 27.8. The summed E-state index contributed by atoms with van der Waals surface area (Å²) in [5.41, 5.74) is 5.66. The molecule has 0 spiro atoms. The fraction of sp³-hybridized carbons (Fsp3) is 0.643. The van der Waals surface area contributed by atoms with Gasteiger partial charge in [0.15, 0.2) is 5.69 Å². The molecule has 0 radical (unpaired) electrons. The van der Waals surface area contributed by atoms with E-state index >= 15 is 0 Å². The summed E-state index contributed by atoms with van der Waals surface area (Å²) in [5, 5.41) is 4.60. The number of hydrogen-bond acceptors (Lipinski definition) is 4. The lowest BCUT2D eigenvalue weighted by Crippen LogP contribution is -2.40. The summed E-state index contributed by atoms with van der Waals surface area (Å²) in [6.45, 7) is 4.80. The quantitative estimate of drug-likeness (QED) is 0.869. The number of rotatable bonds is 4. The third-order valence-electron chi connectivity index (χ3n) is 3.79. The van der Waals surface area contributed by atoms with E-state index in [0.29, 0.717) is 37.7 Å². The number of nitrogens with zero attached hydrogens (tertiary/aromatic N) is 4. The molecule has 2 N–H and O–H groups in total. The van der Waals surface area contributed by atoms with Gasteiger partial charge in [-0.15, -0.1) is 0 Å². The monoisotopic (exact) mass is 327 g/mol. The van der Waals surface area contributed by atoms with Crippen LogP contribution in [0.4, 0.5) is 0 Å². The van der Waals surface area contributed by atoms with Crippen molar-refractivity contribution in [2.45, 2.75) is 19.9 Å². The van der Waals surface area contributed by atoms with Gasteiger partial charge in [-0.25, -0.2) is 0 Å². The van der Waals surface area contributed by atoms with Gasteiger partial charge in [-0.3, -0.25) is 14.3 Å². The second kappa shape index (κ2) is 7.11. The number of amides is 2. The van der Waals surface area contributed by atoms with E-state index in [4.69, 9.17) is 17.3 Å². The van der Waals surface area contributed by atoms with E-state index in [0.717, 1.165) is 6.42 Å². The maximum Gasteiger partial charge on any atom is 0.275 e. The maximum absolute atomic E-state index is 12.7. The Hall–Kier alpha value is -1.60. The molecule has 2 heterocycles. The molecular weight excluding hydrogens is 306 g/mol. The first kappa shape index (κ1) is 16.8. The van der Waals surface area contributed by atoms with E-state index in [2.05, 4.69) is 5.10 Å². The van der Waals surface area contributed by atoms with E-state index in [-0.39, 0.29) is 17.5 Å². The summed E-state index contributed by atoms with van der Waals surface area (Å²) in [6.07, 6.45) is 2.57. The van der Waals surface area contributed by atoms with Crippen LogP contribution in [0.1, 0.15) is 23.8 Å². The fourth-order valence-corrected chi connectivity index (χ4v) is 2.81. The molecule has 1 aromatic heterocycles. The largest absolute Gasteiger partial charge is 0.369 e. The lowest BCUT2D eigenvalue weighted by atomic mass is 10.1. The molecule has 1 atom stereocenters. The molecule has 2 amide bonds. The van der Waals surface area contributed by atoms with Crippen LogP contribution in [0.2, 0.25) is 5.02 Å². The third-order valence-corrected chi connectivity index (χ3v) is 4.06. The number of likely N-dealkylation sites (N-methyl/N-ethyl adjacent to an activating group) is 1. The molecule has 1 fully saturated rings. The van der Waals surface area contributed by atoms with E-state index in [1.165, 1.54) is 0 Å². The molecule has 122 valence electrons. The fourth-order valence-electron chi connectivity index (χ4n) is 2.57. The zero-order valence-electron chi connectivity index (χ0n) is 13.0.